The molecule has 0 aliphatic heterocycles. The van der Waals surface area contributed by atoms with Crippen LogP contribution >= 0.6 is 0 Å². The molecule has 0 saturated heterocycles. The van der Waals surface area contributed by atoms with Gasteiger partial charge in [-0.1, -0.05) is 0 Å². The van der Waals surface area contributed by atoms with Crippen molar-refractivity contribution in [2.24, 2.45) is 0 Å². The minimum absolute atomic E-state index is 0.250. The molecule has 3 aromatic heterocycles. The molecular formula is C26H18N2O6. The number of hydrogen-bond acceptors (Lipinski definition) is 8. The Morgan fingerprint density at radius 2 is 1.41 bits per heavy atom. The van der Waals surface area contributed by atoms with Gasteiger partial charge in [0.05, 0.1) is 36.2 Å². The van der Waals surface area contributed by atoms with Crippen LogP contribution < -0.4 is 4.74 Å². The molecule has 0 amide bonds. The molecule has 5 aromatic rings. The van der Waals surface area contributed by atoms with Crippen LogP contribution in [-0.2, 0) is 4.74 Å². The minimum atomic E-state index is -0.639. The van der Waals surface area contributed by atoms with E-state index in [1.165, 1.54) is 0 Å². The molecule has 0 atom stereocenters. The number of ketones is 1. The van der Waals surface area contributed by atoms with Gasteiger partial charge in [0.15, 0.2) is 23.9 Å². The summed E-state index contributed by atoms with van der Waals surface area (Å²) < 4.78 is 21.4. The van der Waals surface area contributed by atoms with Crippen LogP contribution in [0.15, 0.2) is 88.1 Å². The van der Waals surface area contributed by atoms with Gasteiger partial charge >= 0.3 is 5.97 Å². The summed E-state index contributed by atoms with van der Waals surface area (Å²) in [6.45, 7) is -0.385. The fourth-order valence-electron chi connectivity index (χ4n) is 3.43. The fraction of sp³-hybridized carbons (Fsp3) is 0.0769. The quantitative estimate of drug-likeness (QED) is 0.244. The van der Waals surface area contributed by atoms with Gasteiger partial charge in [-0.25, -0.2) is 14.8 Å². The van der Waals surface area contributed by atoms with Gasteiger partial charge in [-0.15, -0.1) is 0 Å². The van der Waals surface area contributed by atoms with Crippen LogP contribution in [0.25, 0.3) is 33.9 Å². The molecule has 0 radical (unpaired) electrons. The van der Waals surface area contributed by atoms with Gasteiger partial charge in [0, 0.05) is 5.56 Å². The van der Waals surface area contributed by atoms with E-state index in [1.54, 1.807) is 86.4 Å². The first-order chi connectivity index (χ1) is 16.6. The van der Waals surface area contributed by atoms with Crippen molar-refractivity contribution in [3.05, 3.63) is 90.4 Å². The van der Waals surface area contributed by atoms with E-state index < -0.39 is 5.97 Å². The molecule has 0 unspecified atom stereocenters. The zero-order chi connectivity index (χ0) is 23.5. The Morgan fingerprint density at radius 1 is 0.794 bits per heavy atom. The summed E-state index contributed by atoms with van der Waals surface area (Å²) in [5.41, 5.74) is 2.71. The Bertz CT molecular complexity index is 1460. The SMILES string of the molecule is COc1ccc(C(=O)COC(=O)c2ccc3nc(-c4ccco4)c(-c4ccco4)nc3c2)cc1. The predicted octanol–water partition coefficient (Wildman–Crippen LogP) is 5.20. The fourth-order valence-corrected chi connectivity index (χ4v) is 3.43. The minimum Gasteiger partial charge on any atom is -0.497 e. The van der Waals surface area contributed by atoms with E-state index >= 15 is 0 Å². The molecule has 2 aromatic carbocycles. The third-order valence-corrected chi connectivity index (χ3v) is 5.16. The zero-order valence-electron chi connectivity index (χ0n) is 18.1. The molecule has 0 N–H and O–H groups in total. The molecule has 0 aliphatic carbocycles. The number of Topliss-reactive ketones (excluding diaryl/α,β-unsaturated/α-hetero) is 1. The van der Waals surface area contributed by atoms with Crippen LogP contribution in [0.4, 0.5) is 0 Å². The maximum Gasteiger partial charge on any atom is 0.338 e. The summed E-state index contributed by atoms with van der Waals surface area (Å²) in [5.74, 6) is 0.732. The van der Waals surface area contributed by atoms with Gasteiger partial charge in [-0.2, -0.15) is 0 Å². The first kappa shape index (κ1) is 21.1. The molecule has 34 heavy (non-hydrogen) atoms. The van der Waals surface area contributed by atoms with Gasteiger partial charge in [0.25, 0.3) is 0 Å². The van der Waals surface area contributed by atoms with Crippen molar-refractivity contribution in [1.82, 2.24) is 9.97 Å². The molecule has 0 bridgehead atoms. The van der Waals surface area contributed by atoms with E-state index in [-0.39, 0.29) is 18.0 Å². The number of benzene rings is 2. The number of furan rings is 2. The number of nitrogens with zero attached hydrogens (tertiary/aromatic N) is 2. The van der Waals surface area contributed by atoms with Crippen molar-refractivity contribution in [1.29, 1.82) is 0 Å². The molecule has 5 rings (SSSR count). The van der Waals surface area contributed by atoms with Crippen molar-refractivity contribution in [2.45, 2.75) is 0 Å². The largest absolute Gasteiger partial charge is 0.497 e. The summed E-state index contributed by atoms with van der Waals surface area (Å²) >= 11 is 0. The lowest BCUT2D eigenvalue weighted by Crippen LogP contribution is -2.14. The maximum atomic E-state index is 12.6. The number of fused-ring (bicyclic) bond motifs is 1. The summed E-state index contributed by atoms with van der Waals surface area (Å²) in [6, 6.07) is 18.5. The first-order valence-corrected chi connectivity index (χ1v) is 10.4. The molecule has 3 heterocycles. The summed E-state index contributed by atoms with van der Waals surface area (Å²) in [7, 11) is 1.54. The average Bonchev–Trinajstić information content (AvgIpc) is 3.61. The van der Waals surface area contributed by atoms with E-state index in [4.69, 9.17) is 18.3 Å². The Balaban J connectivity index is 1.40. The summed E-state index contributed by atoms with van der Waals surface area (Å²) in [6.07, 6.45) is 3.10. The van der Waals surface area contributed by atoms with Crippen LogP contribution in [0.5, 0.6) is 5.75 Å². The van der Waals surface area contributed by atoms with E-state index in [0.29, 0.717) is 45.3 Å². The molecule has 168 valence electrons. The number of methoxy groups -OCH3 is 1. The molecular weight excluding hydrogens is 436 g/mol. The topological polar surface area (TPSA) is 105 Å². The lowest BCUT2D eigenvalue weighted by atomic mass is 10.1. The zero-order valence-corrected chi connectivity index (χ0v) is 18.1. The Hall–Kier alpha value is -4.72. The van der Waals surface area contributed by atoms with Gasteiger partial charge < -0.3 is 18.3 Å². The summed E-state index contributed by atoms with van der Waals surface area (Å²) in [4.78, 5) is 34.3. The van der Waals surface area contributed by atoms with Gasteiger partial charge in [-0.05, 0) is 66.7 Å². The van der Waals surface area contributed by atoms with E-state index in [0.717, 1.165) is 0 Å². The van der Waals surface area contributed by atoms with Gasteiger partial charge in [0.1, 0.15) is 17.1 Å². The predicted molar refractivity (Wildman–Crippen MR) is 123 cm³/mol. The molecule has 0 saturated carbocycles. The third kappa shape index (κ3) is 4.16. The maximum absolute atomic E-state index is 12.6. The standard InChI is InChI=1S/C26H18N2O6/c1-31-18-9-6-16(7-10-18)21(29)15-34-26(30)17-8-11-19-20(14-17)28-25(23-5-3-13-33-23)24(27-19)22-4-2-12-32-22/h2-14H,15H2,1H3. The van der Waals surface area contributed by atoms with E-state index in [2.05, 4.69) is 9.97 Å². The van der Waals surface area contributed by atoms with Crippen LogP contribution in [0, 0.1) is 0 Å². The van der Waals surface area contributed by atoms with Crippen molar-refractivity contribution in [2.75, 3.05) is 13.7 Å². The Labute approximate surface area is 193 Å². The Morgan fingerprint density at radius 3 is 2.00 bits per heavy atom. The van der Waals surface area contributed by atoms with Gasteiger partial charge in [-0.3, -0.25) is 4.79 Å². The van der Waals surface area contributed by atoms with Crippen molar-refractivity contribution in [3.63, 3.8) is 0 Å². The van der Waals surface area contributed by atoms with E-state index in [9.17, 15) is 9.59 Å². The van der Waals surface area contributed by atoms with E-state index in [1.807, 2.05) is 0 Å². The summed E-state index contributed by atoms with van der Waals surface area (Å²) in [5, 5.41) is 0. The number of rotatable bonds is 7. The second-order valence-electron chi connectivity index (χ2n) is 7.31. The number of carbonyl (C=O) groups is 2. The first-order valence-electron chi connectivity index (χ1n) is 10.4. The highest BCUT2D eigenvalue weighted by molar-refractivity contribution is 6.00. The Kier molecular flexibility index (Phi) is 5.61. The van der Waals surface area contributed by atoms with Crippen LogP contribution in [0.2, 0.25) is 0 Å². The van der Waals surface area contributed by atoms with Crippen molar-refractivity contribution >= 4 is 22.8 Å². The van der Waals surface area contributed by atoms with Crippen LogP contribution in [0.3, 0.4) is 0 Å². The lowest BCUT2D eigenvalue weighted by molar-refractivity contribution is 0.0475. The molecule has 0 aliphatic rings. The van der Waals surface area contributed by atoms with Crippen LogP contribution in [-0.4, -0.2) is 35.4 Å². The molecule has 0 spiro atoms. The smallest absolute Gasteiger partial charge is 0.338 e. The number of hydrogen-bond donors (Lipinski definition) is 0. The molecule has 0 fully saturated rings. The normalized spacial score (nSPS) is 10.9. The highest BCUT2D eigenvalue weighted by atomic mass is 16.5. The second kappa shape index (κ2) is 9.03. The third-order valence-electron chi connectivity index (χ3n) is 5.16. The molecule has 8 nitrogen and oxygen atoms in total. The number of esters is 1. The monoisotopic (exact) mass is 454 g/mol. The molecule has 8 heteroatoms. The van der Waals surface area contributed by atoms with Crippen molar-refractivity contribution < 1.29 is 27.9 Å². The average molecular weight is 454 g/mol. The number of carbonyl (C=O) groups excluding carboxylic acids is 2. The highest BCUT2D eigenvalue weighted by Gasteiger charge is 2.19. The van der Waals surface area contributed by atoms with Gasteiger partial charge in [0.2, 0.25) is 0 Å². The number of ether oxygens (including phenoxy) is 2. The highest BCUT2D eigenvalue weighted by Crippen LogP contribution is 2.31. The van der Waals surface area contributed by atoms with Crippen molar-refractivity contribution in [3.8, 4) is 28.7 Å². The lowest BCUT2D eigenvalue weighted by Gasteiger charge is -2.08. The second-order valence-corrected chi connectivity index (χ2v) is 7.31. The van der Waals surface area contributed by atoms with Crippen LogP contribution in [0.1, 0.15) is 20.7 Å². The number of aromatic nitrogens is 2.